The second-order valence-electron chi connectivity index (χ2n) is 3.80. The van der Waals surface area contributed by atoms with E-state index in [1.807, 2.05) is 0 Å². The Bertz CT molecular complexity index is 622. The third-order valence-corrected chi connectivity index (χ3v) is 5.97. The number of sulfonamides is 1. The summed E-state index contributed by atoms with van der Waals surface area (Å²) in [5.74, 6) is -2.21. The highest BCUT2D eigenvalue weighted by atomic mass is 35.5. The number of halogens is 2. The monoisotopic (exact) mass is 325 g/mol. The van der Waals surface area contributed by atoms with Gasteiger partial charge in [0.15, 0.2) is 5.82 Å². The quantitative estimate of drug-likeness (QED) is 0.914. The molecule has 1 heterocycles. The van der Waals surface area contributed by atoms with Crippen molar-refractivity contribution in [3.63, 3.8) is 0 Å². The van der Waals surface area contributed by atoms with Gasteiger partial charge in [-0.05, 0) is 12.1 Å². The smallest absolute Gasteiger partial charge is 0.322 e. The fraction of sp³-hybridized carbons (Fsp3) is 0.300. The molecule has 0 unspecified atom stereocenters. The summed E-state index contributed by atoms with van der Waals surface area (Å²) in [6.07, 6.45) is 0. The van der Waals surface area contributed by atoms with Crippen LogP contribution in [0.5, 0.6) is 0 Å². The Hall–Kier alpha value is -0.830. The summed E-state index contributed by atoms with van der Waals surface area (Å²) < 4.78 is 39.1. The van der Waals surface area contributed by atoms with Crippen LogP contribution < -0.4 is 0 Å². The summed E-state index contributed by atoms with van der Waals surface area (Å²) in [5, 5.41) is 8.66. The van der Waals surface area contributed by atoms with Crippen LogP contribution in [0.2, 0.25) is 5.02 Å². The average Bonchev–Trinajstić information content (AvgIpc) is 2.82. The Balaban J connectivity index is 2.48. The lowest BCUT2D eigenvalue weighted by Gasteiger charge is -2.20. The van der Waals surface area contributed by atoms with Gasteiger partial charge in [0.25, 0.3) is 0 Å². The van der Waals surface area contributed by atoms with E-state index in [0.717, 1.165) is 22.1 Å². The second kappa shape index (κ2) is 5.28. The van der Waals surface area contributed by atoms with Crippen LogP contribution >= 0.6 is 23.4 Å². The topological polar surface area (TPSA) is 74.7 Å². The van der Waals surface area contributed by atoms with Gasteiger partial charge in [-0.3, -0.25) is 4.79 Å². The van der Waals surface area contributed by atoms with Crippen molar-refractivity contribution < 1.29 is 22.7 Å². The third-order valence-electron chi connectivity index (χ3n) is 2.63. The Kier molecular flexibility index (Phi) is 4.05. The van der Waals surface area contributed by atoms with Crippen molar-refractivity contribution >= 4 is 39.4 Å². The summed E-state index contributed by atoms with van der Waals surface area (Å²) >= 11 is 6.71. The van der Waals surface area contributed by atoms with Gasteiger partial charge in [-0.1, -0.05) is 17.7 Å². The summed E-state index contributed by atoms with van der Waals surface area (Å²) in [6, 6.07) is 2.41. The number of hydrogen-bond acceptors (Lipinski definition) is 4. The van der Waals surface area contributed by atoms with Crippen LogP contribution in [-0.2, 0) is 14.8 Å². The molecule has 0 aliphatic carbocycles. The van der Waals surface area contributed by atoms with E-state index < -0.39 is 32.7 Å². The summed E-state index contributed by atoms with van der Waals surface area (Å²) in [6.45, 7) is 0. The van der Waals surface area contributed by atoms with Crippen molar-refractivity contribution in [2.24, 2.45) is 0 Å². The van der Waals surface area contributed by atoms with E-state index in [1.54, 1.807) is 0 Å². The Morgan fingerprint density at radius 2 is 2.21 bits per heavy atom. The van der Waals surface area contributed by atoms with E-state index in [1.165, 1.54) is 12.1 Å². The van der Waals surface area contributed by atoms with Crippen molar-refractivity contribution in [2.75, 3.05) is 11.6 Å². The first-order chi connectivity index (χ1) is 8.85. The Labute approximate surface area is 118 Å². The predicted octanol–water partition coefficient (Wildman–Crippen LogP) is 1.63. The number of benzene rings is 1. The molecular formula is C10H9ClFNO4S2. The van der Waals surface area contributed by atoms with Crippen LogP contribution in [0.15, 0.2) is 23.1 Å². The van der Waals surface area contributed by atoms with Crippen LogP contribution in [0, 0.1) is 5.82 Å². The molecule has 1 aliphatic rings. The first kappa shape index (κ1) is 14.6. The number of thioether (sulfide) groups is 1. The lowest BCUT2D eigenvalue weighted by Crippen LogP contribution is -2.41. The molecule has 1 aromatic rings. The molecular weight excluding hydrogens is 317 g/mol. The molecule has 9 heteroatoms. The highest BCUT2D eigenvalue weighted by Crippen LogP contribution is 2.31. The molecule has 0 saturated carbocycles. The van der Waals surface area contributed by atoms with Gasteiger partial charge in [0.2, 0.25) is 10.0 Å². The van der Waals surface area contributed by atoms with E-state index in [0.29, 0.717) is 0 Å². The molecule has 19 heavy (non-hydrogen) atoms. The number of rotatable bonds is 3. The molecule has 0 aromatic heterocycles. The maximum absolute atomic E-state index is 13.8. The third kappa shape index (κ3) is 2.58. The van der Waals surface area contributed by atoms with Gasteiger partial charge in [-0.15, -0.1) is 11.8 Å². The number of carbonyl (C=O) groups is 1. The number of nitrogens with zero attached hydrogens (tertiary/aromatic N) is 1. The largest absolute Gasteiger partial charge is 0.480 e. The van der Waals surface area contributed by atoms with Gasteiger partial charge < -0.3 is 5.11 Å². The fourth-order valence-corrected chi connectivity index (χ4v) is 5.12. The minimum absolute atomic E-state index is 0.0226. The van der Waals surface area contributed by atoms with Crippen LogP contribution in [0.4, 0.5) is 4.39 Å². The molecule has 104 valence electrons. The Morgan fingerprint density at radius 1 is 1.53 bits per heavy atom. The summed E-state index contributed by atoms with van der Waals surface area (Å²) in [5.41, 5.74) is 0. The molecule has 1 atom stereocenters. The molecule has 5 nitrogen and oxygen atoms in total. The van der Waals surface area contributed by atoms with Crippen molar-refractivity contribution in [3.05, 3.63) is 29.0 Å². The van der Waals surface area contributed by atoms with Gasteiger partial charge in [0, 0.05) is 5.75 Å². The zero-order chi connectivity index (χ0) is 14.2. The standard InChI is InChI=1S/C10H9ClFNO4S2/c11-6-2-1-3-8(9(6)12)19(16,17)13-5-18-4-7(13)10(14)15/h1-3,7H,4-5H2,(H,14,15)/t7-/m0/s1. The molecule has 0 radical (unpaired) electrons. The zero-order valence-corrected chi connectivity index (χ0v) is 11.8. The minimum Gasteiger partial charge on any atom is -0.480 e. The lowest BCUT2D eigenvalue weighted by molar-refractivity contribution is -0.140. The maximum Gasteiger partial charge on any atom is 0.322 e. The molecule has 1 N–H and O–H groups in total. The van der Waals surface area contributed by atoms with E-state index in [-0.39, 0.29) is 16.7 Å². The lowest BCUT2D eigenvalue weighted by atomic mass is 10.3. The molecule has 1 saturated heterocycles. The van der Waals surface area contributed by atoms with Gasteiger partial charge in [0.1, 0.15) is 10.9 Å². The highest BCUT2D eigenvalue weighted by Gasteiger charge is 2.41. The van der Waals surface area contributed by atoms with Crippen LogP contribution in [0.1, 0.15) is 0 Å². The zero-order valence-electron chi connectivity index (χ0n) is 9.42. The minimum atomic E-state index is -4.21. The van der Waals surface area contributed by atoms with Gasteiger partial charge in [0.05, 0.1) is 10.9 Å². The van der Waals surface area contributed by atoms with Crippen LogP contribution in [-0.4, -0.2) is 41.5 Å². The van der Waals surface area contributed by atoms with Crippen molar-refractivity contribution in [1.82, 2.24) is 4.31 Å². The molecule has 1 fully saturated rings. The highest BCUT2D eigenvalue weighted by molar-refractivity contribution is 8.00. The van der Waals surface area contributed by atoms with Gasteiger partial charge in [-0.25, -0.2) is 12.8 Å². The normalized spacial score (nSPS) is 20.6. The SMILES string of the molecule is O=C(O)[C@@H]1CSCN1S(=O)(=O)c1cccc(Cl)c1F. The summed E-state index contributed by atoms with van der Waals surface area (Å²) in [7, 11) is -4.21. The molecule has 0 amide bonds. The first-order valence-corrected chi connectivity index (χ1v) is 8.09. The first-order valence-electron chi connectivity index (χ1n) is 5.12. The summed E-state index contributed by atoms with van der Waals surface area (Å²) in [4.78, 5) is 10.4. The maximum atomic E-state index is 13.8. The molecule has 0 bridgehead atoms. The molecule has 2 rings (SSSR count). The molecule has 0 spiro atoms. The van der Waals surface area contributed by atoms with Crippen LogP contribution in [0.25, 0.3) is 0 Å². The van der Waals surface area contributed by atoms with Crippen molar-refractivity contribution in [3.8, 4) is 0 Å². The van der Waals surface area contributed by atoms with E-state index in [9.17, 15) is 17.6 Å². The molecule has 1 aliphatic heterocycles. The van der Waals surface area contributed by atoms with E-state index in [4.69, 9.17) is 16.7 Å². The average molecular weight is 326 g/mol. The van der Waals surface area contributed by atoms with E-state index in [2.05, 4.69) is 0 Å². The van der Waals surface area contributed by atoms with Gasteiger partial charge in [-0.2, -0.15) is 4.31 Å². The Morgan fingerprint density at radius 3 is 2.84 bits per heavy atom. The number of hydrogen-bond donors (Lipinski definition) is 1. The predicted molar refractivity (Wildman–Crippen MR) is 69.2 cm³/mol. The second-order valence-corrected chi connectivity index (χ2v) is 7.06. The fourth-order valence-electron chi connectivity index (χ4n) is 1.67. The number of carboxylic acids is 1. The molecule has 1 aromatic carbocycles. The van der Waals surface area contributed by atoms with Crippen LogP contribution in [0.3, 0.4) is 0 Å². The van der Waals surface area contributed by atoms with Crippen molar-refractivity contribution in [2.45, 2.75) is 10.9 Å². The number of carboxylic acid groups (broad SMARTS) is 1. The van der Waals surface area contributed by atoms with E-state index >= 15 is 0 Å². The number of aliphatic carboxylic acids is 1. The van der Waals surface area contributed by atoms with Crippen molar-refractivity contribution in [1.29, 1.82) is 0 Å². The van der Waals surface area contributed by atoms with Gasteiger partial charge >= 0.3 is 5.97 Å².